The largest absolute Gasteiger partial charge is 0.301 e. The minimum Gasteiger partial charge on any atom is -0.301 e. The predicted octanol–water partition coefficient (Wildman–Crippen LogP) is 3.44. The van der Waals surface area contributed by atoms with Crippen LogP contribution in [-0.4, -0.2) is 48.9 Å². The first-order valence-electron chi connectivity index (χ1n) is 13.9. The number of nitrogens with one attached hydrogen (secondary N) is 6. The lowest BCUT2D eigenvalue weighted by Gasteiger charge is -2.23. The Morgan fingerprint density at radius 1 is 0.479 bits per heavy atom. The van der Waals surface area contributed by atoms with E-state index in [4.69, 9.17) is 10.8 Å². The quantitative estimate of drug-likeness (QED) is 0.140. The van der Waals surface area contributed by atoms with Crippen LogP contribution in [0.1, 0.15) is 0 Å². The topological polar surface area (TPSA) is 239 Å². The number of allylic oxidation sites excluding steroid dienone is 12. The molecule has 0 aliphatic heterocycles. The molecular weight excluding hydrogens is 661 g/mol. The molecule has 0 spiro atoms. The Morgan fingerprint density at radius 3 is 1.17 bits per heavy atom. The SMILES string of the molecule is N=C1C=CC2=C(S(=O)(=O)O)C=CC(=O)C2=C1NNc1ccc(-c2ccc(NNC3=C4C(=O)C=CC(S(=O)(=O)O)=C4C=CC3=N)cc2)cc1. The van der Waals surface area contributed by atoms with Crippen LogP contribution < -0.4 is 21.7 Å². The van der Waals surface area contributed by atoms with Crippen molar-refractivity contribution in [1.82, 2.24) is 10.9 Å². The fourth-order valence-electron chi connectivity index (χ4n) is 5.25. The highest BCUT2D eigenvalue weighted by Gasteiger charge is 2.32. The second-order valence-electron chi connectivity index (χ2n) is 10.5. The third kappa shape index (κ3) is 6.10. The summed E-state index contributed by atoms with van der Waals surface area (Å²) in [6, 6.07) is 14.2. The van der Waals surface area contributed by atoms with E-state index in [0.717, 1.165) is 35.4 Å². The number of anilines is 2. The van der Waals surface area contributed by atoms with Crippen LogP contribution in [0.2, 0.25) is 0 Å². The summed E-state index contributed by atoms with van der Waals surface area (Å²) < 4.78 is 66.4. The number of hydrogen-bond acceptors (Lipinski definition) is 12. The molecule has 0 fully saturated rings. The highest BCUT2D eigenvalue weighted by molar-refractivity contribution is 7.90. The summed E-state index contributed by atoms with van der Waals surface area (Å²) in [6.07, 6.45) is 9.28. The first-order valence-corrected chi connectivity index (χ1v) is 16.8. The molecule has 6 rings (SSSR count). The summed E-state index contributed by atoms with van der Waals surface area (Å²) in [4.78, 5) is 24.4. The summed E-state index contributed by atoms with van der Waals surface area (Å²) in [5.41, 5.74) is 14.0. The zero-order valence-corrected chi connectivity index (χ0v) is 26.0. The molecular formula is C32H24N6O8S2. The molecule has 0 saturated carbocycles. The van der Waals surface area contributed by atoms with Crippen molar-refractivity contribution in [2.45, 2.75) is 0 Å². The van der Waals surface area contributed by atoms with Crippen molar-refractivity contribution in [2.75, 3.05) is 10.9 Å². The van der Waals surface area contributed by atoms with Crippen LogP contribution >= 0.6 is 0 Å². The lowest BCUT2D eigenvalue weighted by molar-refractivity contribution is -0.112. The Morgan fingerprint density at radius 2 is 0.833 bits per heavy atom. The van der Waals surface area contributed by atoms with Crippen LogP contribution in [0.5, 0.6) is 0 Å². The van der Waals surface area contributed by atoms with Crippen LogP contribution in [0.15, 0.2) is 141 Å². The van der Waals surface area contributed by atoms with Gasteiger partial charge in [0.2, 0.25) is 0 Å². The Bertz CT molecular complexity index is 2160. The average molecular weight is 685 g/mol. The minimum absolute atomic E-state index is 0.0209. The maximum atomic E-state index is 12.6. The molecule has 0 saturated heterocycles. The van der Waals surface area contributed by atoms with E-state index in [-0.39, 0.29) is 45.1 Å². The maximum Gasteiger partial charge on any atom is 0.295 e. The zero-order valence-electron chi connectivity index (χ0n) is 24.4. The van der Waals surface area contributed by atoms with Gasteiger partial charge in [-0.2, -0.15) is 16.8 Å². The Labute approximate surface area is 273 Å². The summed E-state index contributed by atoms with van der Waals surface area (Å²) in [5, 5.41) is 16.5. The lowest BCUT2D eigenvalue weighted by Crippen LogP contribution is -2.31. The number of fused-ring (bicyclic) bond motifs is 2. The summed E-state index contributed by atoms with van der Waals surface area (Å²) in [7, 11) is -9.22. The third-order valence-electron chi connectivity index (χ3n) is 7.53. The van der Waals surface area contributed by atoms with Crippen molar-refractivity contribution in [2.24, 2.45) is 0 Å². The fraction of sp³-hybridized carbons (Fsp3) is 0. The Balaban J connectivity index is 1.15. The highest BCUT2D eigenvalue weighted by Crippen LogP contribution is 2.33. The summed E-state index contributed by atoms with van der Waals surface area (Å²) in [6.45, 7) is 0. The van der Waals surface area contributed by atoms with Crippen molar-refractivity contribution in [3.05, 3.63) is 141 Å². The van der Waals surface area contributed by atoms with Crippen molar-refractivity contribution in [3.63, 3.8) is 0 Å². The van der Waals surface area contributed by atoms with Gasteiger partial charge in [-0.25, -0.2) is 0 Å². The molecule has 0 heterocycles. The zero-order chi connectivity index (χ0) is 34.4. The molecule has 0 atom stereocenters. The molecule has 0 aromatic heterocycles. The van der Waals surface area contributed by atoms with Crippen LogP contribution in [0.4, 0.5) is 11.4 Å². The van der Waals surface area contributed by atoms with Crippen LogP contribution in [-0.2, 0) is 29.8 Å². The molecule has 48 heavy (non-hydrogen) atoms. The van der Waals surface area contributed by atoms with Gasteiger partial charge in [0, 0.05) is 11.1 Å². The second-order valence-corrected chi connectivity index (χ2v) is 13.3. The van der Waals surface area contributed by atoms with Gasteiger partial charge in [0.25, 0.3) is 20.2 Å². The maximum absolute atomic E-state index is 12.6. The van der Waals surface area contributed by atoms with Gasteiger partial charge in [0.15, 0.2) is 11.6 Å². The molecule has 4 aliphatic rings. The molecule has 0 amide bonds. The van der Waals surface area contributed by atoms with Crippen molar-refractivity contribution in [3.8, 4) is 11.1 Å². The normalized spacial score (nSPS) is 17.6. The van der Waals surface area contributed by atoms with E-state index in [0.29, 0.717) is 11.4 Å². The second kappa shape index (κ2) is 12.0. The van der Waals surface area contributed by atoms with E-state index < -0.39 is 41.6 Å². The molecule has 2 aromatic carbocycles. The van der Waals surface area contributed by atoms with Gasteiger partial charge in [0.1, 0.15) is 9.81 Å². The molecule has 242 valence electrons. The fourth-order valence-corrected chi connectivity index (χ4v) is 6.62. The van der Waals surface area contributed by atoms with Crippen molar-refractivity contribution >= 4 is 54.6 Å². The number of carbonyl (C=O) groups is 2. The molecule has 0 unspecified atom stereocenters. The van der Waals surface area contributed by atoms with Crippen LogP contribution in [0.3, 0.4) is 0 Å². The van der Waals surface area contributed by atoms with Crippen molar-refractivity contribution in [1.29, 1.82) is 10.8 Å². The van der Waals surface area contributed by atoms with Gasteiger partial charge in [-0.3, -0.25) is 40.4 Å². The minimum atomic E-state index is -4.61. The van der Waals surface area contributed by atoms with E-state index >= 15 is 0 Å². The first kappa shape index (κ1) is 32.0. The number of benzene rings is 2. The standard InChI is InChI=1S/C32H24N6O8S2/c33-23-11-9-21-27(47(41,42)43)15-13-25(39)29(21)31(23)37-35-19-5-1-17(2-6-19)18-3-7-20(8-4-18)36-38-32-24(34)12-10-22-28(48(44,45)46)16-14-26(40)30(22)32/h1-16,33-38H,(H,41,42,43)(H,44,45,46). The van der Waals surface area contributed by atoms with E-state index in [1.165, 1.54) is 24.3 Å². The van der Waals surface area contributed by atoms with Crippen molar-refractivity contribution < 1.29 is 35.5 Å². The lowest BCUT2D eigenvalue weighted by atomic mass is 9.89. The van der Waals surface area contributed by atoms with Crippen LogP contribution in [0.25, 0.3) is 11.1 Å². The van der Waals surface area contributed by atoms with E-state index in [9.17, 15) is 35.5 Å². The number of hydrazine groups is 2. The molecule has 14 nitrogen and oxygen atoms in total. The van der Waals surface area contributed by atoms with E-state index in [2.05, 4.69) is 21.7 Å². The Hall–Kier alpha value is -5.94. The number of hydrogen-bond donors (Lipinski definition) is 8. The van der Waals surface area contributed by atoms with E-state index in [1.54, 1.807) is 24.3 Å². The summed E-state index contributed by atoms with van der Waals surface area (Å²) >= 11 is 0. The van der Waals surface area contributed by atoms with E-state index in [1.807, 2.05) is 24.3 Å². The first-order chi connectivity index (χ1) is 22.7. The predicted molar refractivity (Wildman–Crippen MR) is 179 cm³/mol. The molecule has 4 aliphatic carbocycles. The average Bonchev–Trinajstić information content (AvgIpc) is 3.03. The third-order valence-corrected chi connectivity index (χ3v) is 9.35. The smallest absolute Gasteiger partial charge is 0.295 e. The van der Waals surface area contributed by atoms with Gasteiger partial charge in [-0.05, 0) is 71.8 Å². The summed E-state index contributed by atoms with van der Waals surface area (Å²) in [5.74, 6) is -1.06. The molecule has 0 radical (unpaired) electrons. The molecule has 8 N–H and O–H groups in total. The van der Waals surface area contributed by atoms with Crippen LogP contribution in [0, 0.1) is 10.8 Å². The Kier molecular flexibility index (Phi) is 8.01. The van der Waals surface area contributed by atoms with Gasteiger partial charge in [-0.15, -0.1) is 0 Å². The van der Waals surface area contributed by atoms with Gasteiger partial charge >= 0.3 is 0 Å². The van der Waals surface area contributed by atoms with Gasteiger partial charge in [0.05, 0.1) is 45.3 Å². The van der Waals surface area contributed by atoms with Gasteiger partial charge in [-0.1, -0.05) is 36.4 Å². The number of ketones is 2. The molecule has 16 heteroatoms. The monoisotopic (exact) mass is 684 g/mol. The molecule has 0 bridgehead atoms. The highest BCUT2D eigenvalue weighted by atomic mass is 32.2. The molecule has 2 aromatic rings. The van der Waals surface area contributed by atoms with Gasteiger partial charge < -0.3 is 10.9 Å². The number of carbonyl (C=O) groups excluding carboxylic acids is 2. The number of rotatable bonds is 9.